The molecule has 0 amide bonds. The molecule has 3 rings (SSSR count). The van der Waals surface area contributed by atoms with E-state index in [2.05, 4.69) is 14.7 Å². The molecule has 26 heavy (non-hydrogen) atoms. The number of hydrogen-bond acceptors (Lipinski definition) is 6. The minimum atomic E-state index is -0.542. The highest BCUT2D eigenvalue weighted by Gasteiger charge is 2.09. The predicted molar refractivity (Wildman–Crippen MR) is 100.0 cm³/mol. The molecule has 134 valence electrons. The lowest BCUT2D eigenvalue weighted by molar-refractivity contribution is 0.279. The fourth-order valence-electron chi connectivity index (χ4n) is 2.18. The molecule has 0 aliphatic heterocycles. The van der Waals surface area contributed by atoms with Gasteiger partial charge in [0, 0.05) is 4.90 Å². The van der Waals surface area contributed by atoms with E-state index in [1.807, 2.05) is 55.5 Å². The number of aryl methyl sites for hydroxylation is 1. The first kappa shape index (κ1) is 18.0. The zero-order chi connectivity index (χ0) is 18.4. The number of hydrogen-bond donors (Lipinski definition) is 1. The highest BCUT2D eigenvalue weighted by Crippen LogP contribution is 2.25. The van der Waals surface area contributed by atoms with Gasteiger partial charge in [0.2, 0.25) is 0 Å². The van der Waals surface area contributed by atoms with Crippen molar-refractivity contribution >= 4 is 17.8 Å². The van der Waals surface area contributed by atoms with Gasteiger partial charge in [-0.15, -0.1) is 0 Å². The van der Waals surface area contributed by atoms with E-state index in [0.29, 0.717) is 0 Å². The van der Waals surface area contributed by atoms with Gasteiger partial charge >= 0.3 is 6.01 Å². The second-order valence-corrected chi connectivity index (χ2v) is 6.31. The maximum Gasteiger partial charge on any atom is 0.318 e. The van der Waals surface area contributed by atoms with Crippen LogP contribution in [0.3, 0.4) is 0 Å². The van der Waals surface area contributed by atoms with Gasteiger partial charge in [0.05, 0.1) is 13.3 Å². The van der Waals surface area contributed by atoms with Gasteiger partial charge in [-0.05, 0) is 48.2 Å². The molecule has 0 atom stereocenters. The van der Waals surface area contributed by atoms with E-state index in [0.717, 1.165) is 28.0 Å². The highest BCUT2D eigenvalue weighted by atomic mass is 32.2. The second-order valence-electron chi connectivity index (χ2n) is 5.46. The zero-order valence-corrected chi connectivity index (χ0v) is 15.2. The van der Waals surface area contributed by atoms with E-state index < -0.39 is 5.82 Å². The van der Waals surface area contributed by atoms with Crippen LogP contribution in [0.5, 0.6) is 11.8 Å². The molecule has 1 aromatic heterocycles. The number of nitrogens with one attached hydrogen (secondary N) is 1. The van der Waals surface area contributed by atoms with Gasteiger partial charge in [-0.3, -0.25) is 0 Å². The Balaban J connectivity index is 1.66. The lowest BCUT2D eigenvalue weighted by atomic mass is 10.2. The fraction of sp³-hybridized carbons (Fsp3) is 0.158. The van der Waals surface area contributed by atoms with Crippen molar-refractivity contribution in [2.45, 2.75) is 18.4 Å². The third-order valence-corrected chi connectivity index (χ3v) is 4.55. The molecule has 0 saturated carbocycles. The molecule has 0 aliphatic rings. The third-order valence-electron chi connectivity index (χ3n) is 3.58. The first-order valence-corrected chi connectivity index (χ1v) is 8.74. The minimum absolute atomic E-state index is 0.0777. The molecule has 0 saturated heterocycles. The number of aromatic nitrogens is 2. The molecular weight excluding hydrogens is 353 g/mol. The van der Waals surface area contributed by atoms with Crippen LogP contribution >= 0.6 is 11.9 Å². The van der Waals surface area contributed by atoms with E-state index in [9.17, 15) is 4.39 Å². The van der Waals surface area contributed by atoms with Crippen LogP contribution in [0.4, 0.5) is 10.2 Å². The summed E-state index contributed by atoms with van der Waals surface area (Å²) in [5.74, 6) is 0.275. The quantitative estimate of drug-likeness (QED) is 0.611. The number of anilines is 1. The molecule has 0 aliphatic carbocycles. The summed E-state index contributed by atoms with van der Waals surface area (Å²) in [5, 5.41) is 0. The smallest absolute Gasteiger partial charge is 0.318 e. The summed E-state index contributed by atoms with van der Waals surface area (Å²) in [6.07, 6.45) is 1.09. The maximum atomic E-state index is 14.0. The van der Waals surface area contributed by atoms with Gasteiger partial charge in [-0.1, -0.05) is 30.3 Å². The van der Waals surface area contributed by atoms with E-state index in [4.69, 9.17) is 9.47 Å². The van der Waals surface area contributed by atoms with Crippen LogP contribution in [0.2, 0.25) is 0 Å². The Morgan fingerprint density at radius 3 is 2.81 bits per heavy atom. The molecule has 0 spiro atoms. The average molecular weight is 371 g/mol. The van der Waals surface area contributed by atoms with Crippen LogP contribution in [0.1, 0.15) is 11.1 Å². The lowest BCUT2D eigenvalue weighted by Gasteiger charge is -2.10. The summed E-state index contributed by atoms with van der Waals surface area (Å²) in [6, 6.07) is 15.4. The highest BCUT2D eigenvalue weighted by molar-refractivity contribution is 8.00. The van der Waals surface area contributed by atoms with Crippen LogP contribution in [-0.2, 0) is 6.61 Å². The maximum absolute atomic E-state index is 14.0. The molecule has 0 radical (unpaired) electrons. The normalized spacial score (nSPS) is 10.4. The van der Waals surface area contributed by atoms with Crippen molar-refractivity contribution in [2.24, 2.45) is 0 Å². The topological polar surface area (TPSA) is 56.3 Å². The molecule has 2 aromatic carbocycles. The zero-order valence-electron chi connectivity index (χ0n) is 14.4. The predicted octanol–water partition coefficient (Wildman–Crippen LogP) is 4.63. The number of ether oxygens (including phenoxy) is 2. The summed E-state index contributed by atoms with van der Waals surface area (Å²) in [5.41, 5.74) is 2.00. The van der Waals surface area contributed by atoms with Crippen molar-refractivity contribution in [3.63, 3.8) is 0 Å². The van der Waals surface area contributed by atoms with Crippen molar-refractivity contribution in [3.05, 3.63) is 71.7 Å². The van der Waals surface area contributed by atoms with E-state index >= 15 is 0 Å². The first-order valence-electron chi connectivity index (χ1n) is 7.92. The summed E-state index contributed by atoms with van der Waals surface area (Å²) in [7, 11) is 1.60. The number of nitrogens with zero attached hydrogens (tertiary/aromatic N) is 2. The Morgan fingerprint density at radius 2 is 2.00 bits per heavy atom. The van der Waals surface area contributed by atoms with Gasteiger partial charge in [0.25, 0.3) is 0 Å². The number of methoxy groups -OCH3 is 1. The third kappa shape index (κ3) is 4.64. The van der Waals surface area contributed by atoms with Crippen molar-refractivity contribution in [2.75, 3.05) is 11.8 Å². The van der Waals surface area contributed by atoms with E-state index in [1.54, 1.807) is 7.11 Å². The first-order chi connectivity index (χ1) is 12.7. The Bertz CT molecular complexity index is 892. The van der Waals surface area contributed by atoms with Crippen molar-refractivity contribution in [1.82, 2.24) is 9.97 Å². The largest absolute Gasteiger partial charge is 0.497 e. The number of rotatable bonds is 7. The molecule has 7 heteroatoms. The Kier molecular flexibility index (Phi) is 5.91. The van der Waals surface area contributed by atoms with Gasteiger partial charge in [-0.25, -0.2) is 9.37 Å². The van der Waals surface area contributed by atoms with Crippen LogP contribution < -0.4 is 14.2 Å². The lowest BCUT2D eigenvalue weighted by Crippen LogP contribution is -2.03. The van der Waals surface area contributed by atoms with Crippen LogP contribution in [-0.4, -0.2) is 17.1 Å². The molecule has 1 heterocycles. The van der Waals surface area contributed by atoms with Crippen LogP contribution in [0.15, 0.2) is 59.6 Å². The molecule has 1 N–H and O–H groups in total. The second kappa shape index (κ2) is 8.53. The van der Waals surface area contributed by atoms with Crippen molar-refractivity contribution in [1.29, 1.82) is 0 Å². The Hall–Kier alpha value is -2.80. The molecular formula is C19H18FN3O2S. The number of benzene rings is 2. The van der Waals surface area contributed by atoms with Crippen LogP contribution in [0, 0.1) is 12.7 Å². The van der Waals surface area contributed by atoms with E-state index in [1.165, 1.54) is 11.9 Å². The monoisotopic (exact) mass is 371 g/mol. The average Bonchev–Trinajstić information content (AvgIpc) is 2.67. The Labute approximate surface area is 155 Å². The van der Waals surface area contributed by atoms with Crippen molar-refractivity contribution < 1.29 is 13.9 Å². The van der Waals surface area contributed by atoms with Gasteiger partial charge in [-0.2, -0.15) is 4.98 Å². The minimum Gasteiger partial charge on any atom is -0.497 e. The summed E-state index contributed by atoms with van der Waals surface area (Å²) in [4.78, 5) is 8.97. The molecule has 0 unspecified atom stereocenters. The van der Waals surface area contributed by atoms with Gasteiger partial charge < -0.3 is 14.2 Å². The summed E-state index contributed by atoms with van der Waals surface area (Å²) >= 11 is 1.29. The molecule has 0 fully saturated rings. The van der Waals surface area contributed by atoms with Crippen molar-refractivity contribution in [3.8, 4) is 11.8 Å². The molecule has 5 nitrogen and oxygen atoms in total. The summed E-state index contributed by atoms with van der Waals surface area (Å²) < 4.78 is 27.6. The molecule has 3 aromatic rings. The Morgan fingerprint density at radius 1 is 1.15 bits per heavy atom. The SMILES string of the molecule is COc1cccc(COc2ncc(F)c(NSc3ccccc3C)n2)c1. The van der Waals surface area contributed by atoms with E-state index in [-0.39, 0.29) is 18.4 Å². The summed E-state index contributed by atoms with van der Waals surface area (Å²) in [6.45, 7) is 2.25. The molecule has 0 bridgehead atoms. The fourth-order valence-corrected chi connectivity index (χ4v) is 2.90. The number of halogens is 1. The standard InChI is InChI=1S/C19H18FN3O2S/c1-13-6-3-4-9-17(13)26-23-18-16(20)11-21-19(22-18)25-12-14-7-5-8-15(10-14)24-2/h3-11H,12H2,1-2H3,(H,21,22,23). The van der Waals surface area contributed by atoms with Gasteiger partial charge in [0.15, 0.2) is 11.6 Å². The van der Waals surface area contributed by atoms with Crippen LogP contribution in [0.25, 0.3) is 0 Å². The van der Waals surface area contributed by atoms with Gasteiger partial charge in [0.1, 0.15) is 12.4 Å².